The molecular weight excluding hydrogens is 340 g/mol. The van der Waals surface area contributed by atoms with Gasteiger partial charge in [0.1, 0.15) is 5.60 Å². The Morgan fingerprint density at radius 1 is 1.28 bits per heavy atom. The molecule has 2 rings (SSSR count). The van der Waals surface area contributed by atoms with E-state index in [1.807, 2.05) is 45.0 Å². The van der Waals surface area contributed by atoms with Crippen molar-refractivity contribution in [3.63, 3.8) is 0 Å². The number of rotatable bonds is 3. The summed E-state index contributed by atoms with van der Waals surface area (Å²) < 4.78 is 5.42. The molecule has 0 bridgehead atoms. The summed E-state index contributed by atoms with van der Waals surface area (Å²) in [6.45, 7) is 7.11. The molecule has 25 heavy (non-hydrogen) atoms. The van der Waals surface area contributed by atoms with Crippen molar-refractivity contribution >= 4 is 23.6 Å². The fraction of sp³-hybridized carbons (Fsp3) is 0.579. The van der Waals surface area contributed by atoms with E-state index in [4.69, 9.17) is 16.3 Å². The number of likely N-dealkylation sites (tertiary alicyclic amines) is 1. The highest BCUT2D eigenvalue weighted by Gasteiger charge is 2.32. The maximum Gasteiger partial charge on any atom is 0.410 e. The lowest BCUT2D eigenvalue weighted by atomic mass is 9.96. The molecule has 0 aliphatic carbocycles. The van der Waals surface area contributed by atoms with E-state index in [2.05, 4.69) is 0 Å². The topological polar surface area (TPSA) is 49.9 Å². The first-order valence-corrected chi connectivity index (χ1v) is 9.01. The van der Waals surface area contributed by atoms with Gasteiger partial charge in [0.15, 0.2) is 0 Å². The summed E-state index contributed by atoms with van der Waals surface area (Å²) in [7, 11) is 1.80. The molecule has 1 aromatic rings. The molecule has 1 aromatic carbocycles. The van der Waals surface area contributed by atoms with Crippen molar-refractivity contribution in [2.24, 2.45) is 5.92 Å². The minimum absolute atomic E-state index is 0.0585. The molecule has 1 heterocycles. The fourth-order valence-electron chi connectivity index (χ4n) is 2.92. The Hall–Kier alpha value is -1.75. The van der Waals surface area contributed by atoms with Crippen LogP contribution in [0.25, 0.3) is 0 Å². The average Bonchev–Trinajstić information content (AvgIpc) is 2.55. The Kier molecular flexibility index (Phi) is 6.33. The van der Waals surface area contributed by atoms with Gasteiger partial charge in [0, 0.05) is 31.7 Å². The molecule has 6 heteroatoms. The van der Waals surface area contributed by atoms with Crippen molar-refractivity contribution in [1.29, 1.82) is 0 Å². The van der Waals surface area contributed by atoms with Crippen LogP contribution in [0.2, 0.25) is 5.02 Å². The van der Waals surface area contributed by atoms with Crippen LogP contribution in [0.5, 0.6) is 0 Å². The number of benzene rings is 1. The number of halogens is 1. The minimum atomic E-state index is -0.528. The van der Waals surface area contributed by atoms with Crippen LogP contribution in [0, 0.1) is 5.92 Å². The SMILES string of the molecule is CN(Cc1ccc(Cl)cc1)C(=O)[C@@H]1CCCN(C(=O)OC(C)(C)C)C1. The number of carbonyl (C=O) groups excluding carboxylic acids is 2. The Bertz CT molecular complexity index is 610. The second-order valence-corrected chi connectivity index (χ2v) is 8.02. The quantitative estimate of drug-likeness (QED) is 0.813. The maximum atomic E-state index is 12.7. The zero-order valence-electron chi connectivity index (χ0n) is 15.4. The molecule has 5 nitrogen and oxygen atoms in total. The lowest BCUT2D eigenvalue weighted by Crippen LogP contribution is -2.47. The molecule has 0 aromatic heterocycles. The molecule has 0 N–H and O–H groups in total. The maximum absolute atomic E-state index is 12.7. The smallest absolute Gasteiger partial charge is 0.410 e. The van der Waals surface area contributed by atoms with Crippen molar-refractivity contribution in [3.8, 4) is 0 Å². The summed E-state index contributed by atoms with van der Waals surface area (Å²) in [6, 6.07) is 7.47. The first kappa shape index (κ1) is 19.6. The van der Waals surface area contributed by atoms with Gasteiger partial charge in [0.05, 0.1) is 5.92 Å². The molecular formula is C19H27ClN2O3. The van der Waals surface area contributed by atoms with Crippen molar-refractivity contribution in [2.45, 2.75) is 45.8 Å². The summed E-state index contributed by atoms with van der Waals surface area (Å²) >= 11 is 5.89. The molecule has 0 radical (unpaired) electrons. The fourth-order valence-corrected chi connectivity index (χ4v) is 3.05. The second-order valence-electron chi connectivity index (χ2n) is 7.59. The lowest BCUT2D eigenvalue weighted by molar-refractivity contribution is -0.136. The molecule has 1 atom stereocenters. The molecule has 1 fully saturated rings. The molecule has 0 spiro atoms. The van der Waals surface area contributed by atoms with E-state index < -0.39 is 5.60 Å². The summed E-state index contributed by atoms with van der Waals surface area (Å²) in [5, 5.41) is 0.679. The molecule has 1 aliphatic heterocycles. The van der Waals surface area contributed by atoms with Crippen LogP contribution >= 0.6 is 11.6 Å². The highest BCUT2D eigenvalue weighted by atomic mass is 35.5. The normalized spacial score (nSPS) is 18.0. The van der Waals surface area contributed by atoms with Crippen LogP contribution in [0.4, 0.5) is 4.79 Å². The largest absolute Gasteiger partial charge is 0.444 e. The van der Waals surface area contributed by atoms with Crippen LogP contribution in [-0.4, -0.2) is 47.5 Å². The Morgan fingerprint density at radius 2 is 1.92 bits per heavy atom. The van der Waals surface area contributed by atoms with Crippen molar-refractivity contribution < 1.29 is 14.3 Å². The van der Waals surface area contributed by atoms with Crippen molar-refractivity contribution in [1.82, 2.24) is 9.80 Å². The van der Waals surface area contributed by atoms with Gasteiger partial charge in [-0.2, -0.15) is 0 Å². The molecule has 2 amide bonds. The first-order chi connectivity index (χ1) is 11.7. The van der Waals surface area contributed by atoms with E-state index >= 15 is 0 Å². The van der Waals surface area contributed by atoms with Crippen LogP contribution < -0.4 is 0 Å². The molecule has 1 saturated heterocycles. The summed E-state index contributed by atoms with van der Waals surface area (Å²) in [4.78, 5) is 28.3. The molecule has 0 unspecified atom stereocenters. The van der Waals surface area contributed by atoms with Gasteiger partial charge in [-0.3, -0.25) is 4.79 Å². The predicted octanol–water partition coefficient (Wildman–Crippen LogP) is 3.95. The third kappa shape index (κ3) is 5.92. The Morgan fingerprint density at radius 3 is 2.52 bits per heavy atom. The average molecular weight is 367 g/mol. The second kappa shape index (κ2) is 8.09. The van der Waals surface area contributed by atoms with Crippen LogP contribution in [0.15, 0.2) is 24.3 Å². The van der Waals surface area contributed by atoms with Gasteiger partial charge in [0.25, 0.3) is 0 Å². The van der Waals surface area contributed by atoms with Gasteiger partial charge in [-0.15, -0.1) is 0 Å². The van der Waals surface area contributed by atoms with E-state index in [-0.39, 0.29) is 17.9 Å². The van der Waals surface area contributed by atoms with E-state index in [9.17, 15) is 9.59 Å². The number of carbonyl (C=O) groups is 2. The van der Waals surface area contributed by atoms with Gasteiger partial charge < -0.3 is 14.5 Å². The van der Waals surface area contributed by atoms with E-state index in [1.165, 1.54) is 0 Å². The number of amides is 2. The lowest BCUT2D eigenvalue weighted by Gasteiger charge is -2.35. The zero-order chi connectivity index (χ0) is 18.6. The number of ether oxygens (including phenoxy) is 1. The summed E-state index contributed by atoms with van der Waals surface area (Å²) in [5.41, 5.74) is 0.499. The third-order valence-electron chi connectivity index (χ3n) is 4.13. The van der Waals surface area contributed by atoms with E-state index in [1.54, 1.807) is 16.8 Å². The van der Waals surface area contributed by atoms with E-state index in [0.29, 0.717) is 24.7 Å². The monoisotopic (exact) mass is 366 g/mol. The van der Waals surface area contributed by atoms with E-state index in [0.717, 1.165) is 18.4 Å². The number of piperidine rings is 1. The third-order valence-corrected chi connectivity index (χ3v) is 4.38. The van der Waals surface area contributed by atoms with Crippen LogP contribution in [-0.2, 0) is 16.1 Å². The summed E-state index contributed by atoms with van der Waals surface area (Å²) in [5.74, 6) is -0.123. The zero-order valence-corrected chi connectivity index (χ0v) is 16.2. The van der Waals surface area contributed by atoms with Crippen LogP contribution in [0.1, 0.15) is 39.2 Å². The Balaban J connectivity index is 1.94. The highest BCUT2D eigenvalue weighted by Crippen LogP contribution is 2.22. The van der Waals surface area contributed by atoms with Gasteiger partial charge in [0.2, 0.25) is 5.91 Å². The summed E-state index contributed by atoms with van der Waals surface area (Å²) in [6.07, 6.45) is 1.26. The molecule has 0 saturated carbocycles. The number of hydrogen-bond donors (Lipinski definition) is 0. The van der Waals surface area contributed by atoms with Crippen molar-refractivity contribution in [3.05, 3.63) is 34.9 Å². The highest BCUT2D eigenvalue weighted by molar-refractivity contribution is 6.30. The number of hydrogen-bond acceptors (Lipinski definition) is 3. The Labute approximate surface area is 154 Å². The standard InChI is InChI=1S/C19H27ClN2O3/c1-19(2,3)25-18(24)22-11-5-6-15(13-22)17(23)21(4)12-14-7-9-16(20)10-8-14/h7-10,15H,5-6,11-13H2,1-4H3/t15-/m1/s1. The van der Waals surface area contributed by atoms with Gasteiger partial charge in [-0.25, -0.2) is 4.79 Å². The van der Waals surface area contributed by atoms with Gasteiger partial charge >= 0.3 is 6.09 Å². The van der Waals surface area contributed by atoms with Crippen LogP contribution in [0.3, 0.4) is 0 Å². The van der Waals surface area contributed by atoms with Crippen molar-refractivity contribution in [2.75, 3.05) is 20.1 Å². The minimum Gasteiger partial charge on any atom is -0.444 e. The molecule has 138 valence electrons. The number of nitrogens with zero attached hydrogens (tertiary/aromatic N) is 2. The van der Waals surface area contributed by atoms with Gasteiger partial charge in [-0.05, 0) is 51.3 Å². The first-order valence-electron chi connectivity index (χ1n) is 8.63. The van der Waals surface area contributed by atoms with Gasteiger partial charge in [-0.1, -0.05) is 23.7 Å². The predicted molar refractivity (Wildman–Crippen MR) is 98.5 cm³/mol. The molecule has 1 aliphatic rings.